The highest BCUT2D eigenvalue weighted by Gasteiger charge is 2.08. The highest BCUT2D eigenvalue weighted by atomic mass is 79.9. The van der Waals surface area contributed by atoms with E-state index >= 15 is 0 Å². The summed E-state index contributed by atoms with van der Waals surface area (Å²) in [6.07, 6.45) is 0. The summed E-state index contributed by atoms with van der Waals surface area (Å²) in [5, 5.41) is 4.38. The smallest absolute Gasteiger partial charge is 0.128 e. The van der Waals surface area contributed by atoms with E-state index in [1.54, 1.807) is 0 Å². The van der Waals surface area contributed by atoms with Crippen LogP contribution in [0.1, 0.15) is 12.5 Å². The van der Waals surface area contributed by atoms with E-state index in [9.17, 15) is 0 Å². The lowest BCUT2D eigenvalue weighted by Gasteiger charge is -2.07. The van der Waals surface area contributed by atoms with Gasteiger partial charge >= 0.3 is 0 Å². The summed E-state index contributed by atoms with van der Waals surface area (Å²) >= 11 is 3.41. The summed E-state index contributed by atoms with van der Waals surface area (Å²) in [4.78, 5) is 0. The fourth-order valence-corrected chi connectivity index (χ4v) is 2.11. The molecule has 2 rings (SSSR count). The topological polar surface area (TPSA) is 17.8 Å². The molecular weight excluding hydrogens is 252 g/mol. The Morgan fingerprint density at radius 1 is 1.33 bits per heavy atom. The second kappa shape index (κ2) is 4.19. The molecular formula is C12H13BrN2. The lowest BCUT2D eigenvalue weighted by atomic mass is 10.1. The first-order valence-corrected chi connectivity index (χ1v) is 5.81. The lowest BCUT2D eigenvalue weighted by Crippen LogP contribution is -1.99. The Morgan fingerprint density at radius 3 is 2.73 bits per heavy atom. The molecule has 0 fully saturated rings. The fourth-order valence-electron chi connectivity index (χ4n) is 1.70. The highest BCUT2D eigenvalue weighted by Crippen LogP contribution is 2.25. The van der Waals surface area contributed by atoms with E-state index in [2.05, 4.69) is 65.2 Å². The molecule has 1 aromatic carbocycles. The van der Waals surface area contributed by atoms with Crippen LogP contribution in [0.2, 0.25) is 0 Å². The van der Waals surface area contributed by atoms with Gasteiger partial charge in [-0.2, -0.15) is 5.10 Å². The van der Waals surface area contributed by atoms with Gasteiger partial charge in [-0.1, -0.05) is 24.3 Å². The Morgan fingerprint density at radius 2 is 2.07 bits per heavy atom. The van der Waals surface area contributed by atoms with Crippen LogP contribution >= 0.6 is 15.9 Å². The minimum Gasteiger partial charge on any atom is -0.264 e. The number of hydrogen-bond donors (Lipinski definition) is 0. The number of aryl methyl sites for hydroxylation is 2. The van der Waals surface area contributed by atoms with Crippen molar-refractivity contribution in [2.45, 2.75) is 20.4 Å². The first kappa shape index (κ1) is 10.4. The fraction of sp³-hybridized carbons (Fsp3) is 0.250. The Balaban J connectivity index is 2.58. The van der Waals surface area contributed by atoms with E-state index < -0.39 is 0 Å². The first-order chi connectivity index (χ1) is 7.22. The third-order valence-electron chi connectivity index (χ3n) is 2.47. The zero-order chi connectivity index (χ0) is 10.8. The molecule has 0 amide bonds. The number of nitrogens with zero attached hydrogens (tertiary/aromatic N) is 2. The van der Waals surface area contributed by atoms with Crippen LogP contribution in [0.3, 0.4) is 0 Å². The maximum absolute atomic E-state index is 4.38. The van der Waals surface area contributed by atoms with E-state index in [1.807, 2.05) is 4.68 Å². The van der Waals surface area contributed by atoms with E-state index in [-0.39, 0.29) is 0 Å². The molecule has 0 unspecified atom stereocenters. The van der Waals surface area contributed by atoms with Crippen molar-refractivity contribution >= 4 is 15.9 Å². The van der Waals surface area contributed by atoms with Gasteiger partial charge in [-0.25, -0.2) is 0 Å². The monoisotopic (exact) mass is 264 g/mol. The zero-order valence-corrected chi connectivity index (χ0v) is 10.5. The van der Waals surface area contributed by atoms with Crippen LogP contribution in [-0.2, 0) is 6.54 Å². The molecule has 2 nitrogen and oxygen atoms in total. The third-order valence-corrected chi connectivity index (χ3v) is 2.86. The van der Waals surface area contributed by atoms with Gasteiger partial charge in [0.1, 0.15) is 4.60 Å². The van der Waals surface area contributed by atoms with E-state index in [0.29, 0.717) is 0 Å². The zero-order valence-electron chi connectivity index (χ0n) is 8.87. The molecule has 0 atom stereocenters. The van der Waals surface area contributed by atoms with Crippen LogP contribution in [0.25, 0.3) is 11.3 Å². The molecule has 1 heterocycles. The Hall–Kier alpha value is -1.09. The van der Waals surface area contributed by atoms with Gasteiger partial charge in [0.25, 0.3) is 0 Å². The average molecular weight is 265 g/mol. The van der Waals surface area contributed by atoms with Gasteiger partial charge in [-0.15, -0.1) is 0 Å². The number of rotatable bonds is 2. The molecule has 0 aliphatic carbocycles. The normalized spacial score (nSPS) is 10.6. The second-order valence-corrected chi connectivity index (χ2v) is 4.30. The molecule has 0 spiro atoms. The van der Waals surface area contributed by atoms with Crippen LogP contribution < -0.4 is 0 Å². The molecule has 0 saturated heterocycles. The maximum Gasteiger partial charge on any atom is 0.128 e. The quantitative estimate of drug-likeness (QED) is 0.810. The number of benzene rings is 1. The highest BCUT2D eigenvalue weighted by molar-refractivity contribution is 9.10. The summed E-state index contributed by atoms with van der Waals surface area (Å²) in [5.74, 6) is 0. The van der Waals surface area contributed by atoms with Crippen molar-refractivity contribution in [1.29, 1.82) is 0 Å². The minimum atomic E-state index is 0.884. The van der Waals surface area contributed by atoms with Crippen molar-refractivity contribution in [1.82, 2.24) is 9.78 Å². The maximum atomic E-state index is 4.38. The average Bonchev–Trinajstić information content (AvgIpc) is 2.60. The SMILES string of the molecule is CCn1nc(Br)cc1-c1ccccc1C. The van der Waals surface area contributed by atoms with E-state index in [1.165, 1.54) is 16.8 Å². The van der Waals surface area contributed by atoms with E-state index in [0.717, 1.165) is 11.1 Å². The largest absolute Gasteiger partial charge is 0.264 e. The molecule has 3 heteroatoms. The van der Waals surface area contributed by atoms with Crippen molar-refractivity contribution in [3.05, 3.63) is 40.5 Å². The number of halogens is 1. The van der Waals surface area contributed by atoms with Gasteiger partial charge < -0.3 is 0 Å². The molecule has 0 radical (unpaired) electrons. The summed E-state index contributed by atoms with van der Waals surface area (Å²) in [7, 11) is 0. The molecule has 15 heavy (non-hydrogen) atoms. The molecule has 0 N–H and O–H groups in total. The van der Waals surface area contributed by atoms with Crippen LogP contribution in [0.15, 0.2) is 34.9 Å². The van der Waals surface area contributed by atoms with Crippen molar-refractivity contribution in [2.75, 3.05) is 0 Å². The van der Waals surface area contributed by atoms with Crippen LogP contribution in [0.5, 0.6) is 0 Å². The van der Waals surface area contributed by atoms with Crippen LogP contribution in [0.4, 0.5) is 0 Å². The molecule has 1 aromatic heterocycles. The first-order valence-electron chi connectivity index (χ1n) is 5.01. The standard InChI is InChI=1S/C12H13BrN2/c1-3-15-11(8-12(13)14-15)10-7-5-4-6-9(10)2/h4-8H,3H2,1-2H3. The second-order valence-electron chi connectivity index (χ2n) is 3.48. The molecule has 0 bridgehead atoms. The lowest BCUT2D eigenvalue weighted by molar-refractivity contribution is 0.662. The van der Waals surface area contributed by atoms with E-state index in [4.69, 9.17) is 0 Å². The van der Waals surface area contributed by atoms with Gasteiger partial charge in [0.2, 0.25) is 0 Å². The number of hydrogen-bond acceptors (Lipinski definition) is 1. The summed E-state index contributed by atoms with van der Waals surface area (Å²) in [5.41, 5.74) is 3.69. The van der Waals surface area contributed by atoms with Gasteiger partial charge in [-0.3, -0.25) is 4.68 Å². The summed E-state index contributed by atoms with van der Waals surface area (Å²) in [6.45, 7) is 5.10. The van der Waals surface area contributed by atoms with Crippen LogP contribution in [-0.4, -0.2) is 9.78 Å². The Labute approximate surface area is 98.1 Å². The third kappa shape index (κ3) is 1.97. The predicted octanol–water partition coefficient (Wildman–Crippen LogP) is 3.64. The minimum absolute atomic E-state index is 0.884. The molecule has 0 aliphatic heterocycles. The molecule has 78 valence electrons. The Bertz CT molecular complexity index is 474. The predicted molar refractivity (Wildman–Crippen MR) is 65.8 cm³/mol. The number of aromatic nitrogens is 2. The Kier molecular flexibility index (Phi) is 2.91. The van der Waals surface area contributed by atoms with Crippen molar-refractivity contribution in [2.24, 2.45) is 0 Å². The van der Waals surface area contributed by atoms with Crippen LogP contribution in [0, 0.1) is 6.92 Å². The summed E-state index contributed by atoms with van der Waals surface area (Å²) < 4.78 is 2.90. The van der Waals surface area contributed by atoms with Gasteiger partial charge in [0.15, 0.2) is 0 Å². The van der Waals surface area contributed by atoms with Crippen molar-refractivity contribution in [3.8, 4) is 11.3 Å². The van der Waals surface area contributed by atoms with Crippen molar-refractivity contribution in [3.63, 3.8) is 0 Å². The summed E-state index contributed by atoms with van der Waals surface area (Å²) in [6, 6.07) is 10.4. The molecule has 0 aliphatic rings. The van der Waals surface area contributed by atoms with Crippen molar-refractivity contribution < 1.29 is 0 Å². The van der Waals surface area contributed by atoms with Gasteiger partial charge in [0, 0.05) is 12.1 Å². The molecule has 2 aromatic rings. The van der Waals surface area contributed by atoms with Gasteiger partial charge in [0.05, 0.1) is 5.69 Å². The molecule has 0 saturated carbocycles. The van der Waals surface area contributed by atoms with Gasteiger partial charge in [-0.05, 0) is 41.4 Å².